The maximum absolute atomic E-state index is 13.8. The van der Waals surface area contributed by atoms with Crippen molar-refractivity contribution >= 4 is 15.9 Å². The van der Waals surface area contributed by atoms with Crippen LogP contribution >= 0.6 is 15.9 Å². The van der Waals surface area contributed by atoms with Crippen molar-refractivity contribution in [2.24, 2.45) is 5.92 Å². The highest BCUT2D eigenvalue weighted by Gasteiger charge is 2.34. The Morgan fingerprint density at radius 2 is 2.20 bits per heavy atom. The third-order valence-electron chi connectivity index (χ3n) is 2.91. The topological polar surface area (TPSA) is 20.2 Å². The van der Waals surface area contributed by atoms with Gasteiger partial charge in [0.1, 0.15) is 5.82 Å². The largest absolute Gasteiger partial charge is 0.385 e. The number of benzene rings is 1. The summed E-state index contributed by atoms with van der Waals surface area (Å²) in [7, 11) is 0. The molecular weight excluding hydrogens is 259 g/mol. The fourth-order valence-corrected chi connectivity index (χ4v) is 2.28. The first-order valence-corrected chi connectivity index (χ1v) is 5.97. The van der Waals surface area contributed by atoms with Gasteiger partial charge in [-0.2, -0.15) is 0 Å². The highest BCUT2D eigenvalue weighted by molar-refractivity contribution is 9.10. The summed E-state index contributed by atoms with van der Waals surface area (Å²) in [6, 6.07) is 5.05. The normalized spacial score (nSPS) is 20.0. The molecule has 1 unspecified atom stereocenters. The summed E-state index contributed by atoms with van der Waals surface area (Å²) >= 11 is 3.13. The lowest BCUT2D eigenvalue weighted by Crippen LogP contribution is -2.23. The molecule has 1 atom stereocenters. The molecule has 0 amide bonds. The van der Waals surface area contributed by atoms with Gasteiger partial charge < -0.3 is 5.11 Å². The minimum absolute atomic E-state index is 0.344. The van der Waals surface area contributed by atoms with Gasteiger partial charge in [-0.15, -0.1) is 0 Å². The first-order chi connectivity index (χ1) is 7.00. The Balaban J connectivity index is 2.29. The van der Waals surface area contributed by atoms with Gasteiger partial charge in [-0.25, -0.2) is 4.39 Å². The van der Waals surface area contributed by atoms with Gasteiger partial charge in [-0.05, 0) is 41.3 Å². The molecule has 0 bridgehead atoms. The van der Waals surface area contributed by atoms with Crippen LogP contribution in [0.5, 0.6) is 0 Å². The van der Waals surface area contributed by atoms with Crippen molar-refractivity contribution in [1.29, 1.82) is 0 Å². The van der Waals surface area contributed by atoms with E-state index in [0.717, 1.165) is 12.8 Å². The van der Waals surface area contributed by atoms with E-state index in [-0.39, 0.29) is 5.82 Å². The van der Waals surface area contributed by atoms with Gasteiger partial charge in [0.15, 0.2) is 0 Å². The van der Waals surface area contributed by atoms with Crippen molar-refractivity contribution in [2.45, 2.75) is 31.8 Å². The molecular formula is C12H14BrFO. The summed E-state index contributed by atoms with van der Waals surface area (Å²) in [5.74, 6) is 0.224. The second kappa shape index (κ2) is 3.87. The number of aliphatic hydroxyl groups is 1. The molecule has 0 aliphatic heterocycles. The van der Waals surface area contributed by atoms with E-state index in [1.54, 1.807) is 25.1 Å². The Morgan fingerprint density at radius 1 is 1.53 bits per heavy atom. The molecule has 1 fully saturated rings. The quantitative estimate of drug-likeness (QED) is 0.892. The first kappa shape index (κ1) is 11.1. The van der Waals surface area contributed by atoms with Crippen LogP contribution in [0.25, 0.3) is 0 Å². The lowest BCUT2D eigenvalue weighted by Gasteiger charge is -2.24. The van der Waals surface area contributed by atoms with Crippen LogP contribution in [0.4, 0.5) is 4.39 Å². The summed E-state index contributed by atoms with van der Waals surface area (Å²) in [4.78, 5) is 0. The Kier molecular flexibility index (Phi) is 2.86. The summed E-state index contributed by atoms with van der Waals surface area (Å²) in [5, 5.41) is 10.2. The van der Waals surface area contributed by atoms with E-state index in [4.69, 9.17) is 0 Å². The molecule has 1 aliphatic rings. The minimum atomic E-state index is -1.05. The molecule has 0 aromatic heterocycles. The molecule has 3 heteroatoms. The lowest BCUT2D eigenvalue weighted by molar-refractivity contribution is 0.0380. The van der Waals surface area contributed by atoms with Gasteiger partial charge in [0.05, 0.1) is 10.1 Å². The van der Waals surface area contributed by atoms with Gasteiger partial charge >= 0.3 is 0 Å². The molecule has 0 radical (unpaired) electrons. The number of halogens is 2. The van der Waals surface area contributed by atoms with Gasteiger partial charge in [-0.1, -0.05) is 25.0 Å². The lowest BCUT2D eigenvalue weighted by atomic mass is 9.90. The molecule has 1 saturated carbocycles. The van der Waals surface area contributed by atoms with Crippen LogP contribution in [-0.2, 0) is 5.60 Å². The molecule has 1 aromatic rings. The Hall–Kier alpha value is -0.410. The zero-order valence-electron chi connectivity index (χ0n) is 8.63. The average Bonchev–Trinajstić information content (AvgIpc) is 2.92. The van der Waals surface area contributed by atoms with E-state index in [2.05, 4.69) is 15.9 Å². The van der Waals surface area contributed by atoms with Crippen LogP contribution in [0.15, 0.2) is 22.7 Å². The van der Waals surface area contributed by atoms with Crippen molar-refractivity contribution < 1.29 is 9.50 Å². The monoisotopic (exact) mass is 272 g/mol. The molecule has 0 heterocycles. The maximum atomic E-state index is 13.8. The van der Waals surface area contributed by atoms with E-state index in [9.17, 15) is 9.50 Å². The van der Waals surface area contributed by atoms with Crippen LogP contribution in [0.1, 0.15) is 31.7 Å². The van der Waals surface area contributed by atoms with E-state index >= 15 is 0 Å². The predicted molar refractivity (Wildman–Crippen MR) is 61.0 cm³/mol. The van der Waals surface area contributed by atoms with Crippen molar-refractivity contribution in [3.05, 3.63) is 34.1 Å². The maximum Gasteiger partial charge on any atom is 0.143 e. The molecule has 0 saturated heterocycles. The molecule has 1 aliphatic carbocycles. The van der Waals surface area contributed by atoms with Crippen LogP contribution in [0, 0.1) is 11.7 Å². The Bertz CT molecular complexity index is 372. The zero-order chi connectivity index (χ0) is 11.1. The van der Waals surface area contributed by atoms with Crippen molar-refractivity contribution in [2.75, 3.05) is 0 Å². The Labute approximate surface area is 97.4 Å². The molecule has 0 spiro atoms. The number of hydrogen-bond donors (Lipinski definition) is 1. The number of hydrogen-bond acceptors (Lipinski definition) is 1. The summed E-state index contributed by atoms with van der Waals surface area (Å²) < 4.78 is 14.2. The van der Waals surface area contributed by atoms with Crippen molar-refractivity contribution in [3.8, 4) is 0 Å². The van der Waals surface area contributed by atoms with E-state index in [1.807, 2.05) is 0 Å². The molecule has 2 rings (SSSR count). The average molecular weight is 273 g/mol. The highest BCUT2D eigenvalue weighted by atomic mass is 79.9. The molecule has 1 nitrogen and oxygen atoms in total. The standard InChI is InChI=1S/C12H14BrFO/c1-12(15,7-8-5-6-8)9-3-2-4-10(13)11(9)14/h2-4,8,15H,5-7H2,1H3. The second-order valence-corrected chi connectivity index (χ2v) is 5.38. The fraction of sp³-hybridized carbons (Fsp3) is 0.500. The molecule has 82 valence electrons. The summed E-state index contributed by atoms with van der Waals surface area (Å²) in [5.41, 5.74) is -0.654. The van der Waals surface area contributed by atoms with Crippen LogP contribution in [-0.4, -0.2) is 5.11 Å². The van der Waals surface area contributed by atoms with Crippen LogP contribution < -0.4 is 0 Å². The summed E-state index contributed by atoms with van der Waals surface area (Å²) in [6.45, 7) is 1.69. The third-order valence-corrected chi connectivity index (χ3v) is 3.53. The van der Waals surface area contributed by atoms with Gasteiger partial charge in [-0.3, -0.25) is 0 Å². The van der Waals surface area contributed by atoms with E-state index in [0.29, 0.717) is 22.4 Å². The highest BCUT2D eigenvalue weighted by Crippen LogP contribution is 2.41. The fourth-order valence-electron chi connectivity index (χ4n) is 1.91. The minimum Gasteiger partial charge on any atom is -0.385 e. The van der Waals surface area contributed by atoms with Gasteiger partial charge in [0.2, 0.25) is 0 Å². The van der Waals surface area contributed by atoms with Crippen LogP contribution in [0.3, 0.4) is 0 Å². The first-order valence-electron chi connectivity index (χ1n) is 5.17. The van der Waals surface area contributed by atoms with Crippen LogP contribution in [0.2, 0.25) is 0 Å². The van der Waals surface area contributed by atoms with Gasteiger partial charge in [0.25, 0.3) is 0 Å². The second-order valence-electron chi connectivity index (χ2n) is 4.52. The van der Waals surface area contributed by atoms with Gasteiger partial charge in [0, 0.05) is 5.56 Å². The number of rotatable bonds is 3. The third kappa shape index (κ3) is 2.40. The van der Waals surface area contributed by atoms with E-state index < -0.39 is 5.60 Å². The molecule has 1 N–H and O–H groups in total. The van der Waals surface area contributed by atoms with Crippen molar-refractivity contribution in [3.63, 3.8) is 0 Å². The zero-order valence-corrected chi connectivity index (χ0v) is 10.2. The predicted octanol–water partition coefficient (Wildman–Crippen LogP) is 3.60. The Morgan fingerprint density at radius 3 is 2.80 bits per heavy atom. The van der Waals surface area contributed by atoms with Crippen molar-refractivity contribution in [1.82, 2.24) is 0 Å². The molecule has 1 aromatic carbocycles. The smallest absolute Gasteiger partial charge is 0.143 e. The van der Waals surface area contributed by atoms with E-state index in [1.165, 1.54) is 0 Å². The SMILES string of the molecule is CC(O)(CC1CC1)c1cccc(Br)c1F. The summed E-state index contributed by atoms with van der Waals surface area (Å²) in [6.07, 6.45) is 2.97. The molecule has 15 heavy (non-hydrogen) atoms.